The first-order valence-corrected chi connectivity index (χ1v) is 9.18. The van der Waals surface area contributed by atoms with E-state index in [1.807, 2.05) is 25.6 Å². The Hall–Kier alpha value is -1.78. The largest absolute Gasteiger partial charge is 0.316 e. The van der Waals surface area contributed by atoms with Gasteiger partial charge in [0.25, 0.3) is 0 Å². The van der Waals surface area contributed by atoms with Gasteiger partial charge in [-0.2, -0.15) is 0 Å². The third-order valence-corrected chi connectivity index (χ3v) is 4.84. The molecule has 1 atom stereocenters. The van der Waals surface area contributed by atoms with Gasteiger partial charge in [-0.3, -0.25) is 9.97 Å². The summed E-state index contributed by atoms with van der Waals surface area (Å²) in [7, 11) is 1.97. The van der Waals surface area contributed by atoms with E-state index in [1.54, 1.807) is 0 Å². The summed E-state index contributed by atoms with van der Waals surface area (Å²) in [5.74, 6) is 0.940. The molecule has 25 heavy (non-hydrogen) atoms. The predicted octanol–water partition coefficient (Wildman–Crippen LogP) is 3.83. The van der Waals surface area contributed by atoms with E-state index in [2.05, 4.69) is 61.3 Å². The molecule has 0 aromatic carbocycles. The van der Waals surface area contributed by atoms with Gasteiger partial charge >= 0.3 is 0 Å². The van der Waals surface area contributed by atoms with Crippen molar-refractivity contribution in [2.75, 3.05) is 13.6 Å². The summed E-state index contributed by atoms with van der Waals surface area (Å²) < 4.78 is 0. The Labute approximate surface area is 152 Å². The Morgan fingerprint density at radius 3 is 2.40 bits per heavy atom. The lowest BCUT2D eigenvalue weighted by atomic mass is 9.95. The van der Waals surface area contributed by atoms with Gasteiger partial charge in [-0.15, -0.1) is 0 Å². The van der Waals surface area contributed by atoms with Gasteiger partial charge in [0.1, 0.15) is 0 Å². The van der Waals surface area contributed by atoms with Crippen LogP contribution in [0.3, 0.4) is 0 Å². The van der Waals surface area contributed by atoms with Crippen LogP contribution in [0.5, 0.6) is 0 Å². The predicted molar refractivity (Wildman–Crippen MR) is 105 cm³/mol. The number of nitrogens with zero attached hydrogens (tertiary/aromatic N) is 2. The summed E-state index contributed by atoms with van der Waals surface area (Å²) in [6.45, 7) is 13.6. The van der Waals surface area contributed by atoms with E-state index in [1.165, 1.54) is 27.8 Å². The fraction of sp³-hybridized carbons (Fsp3) is 0.524. The Morgan fingerprint density at radius 2 is 1.76 bits per heavy atom. The Kier molecular flexibility index (Phi) is 7.09. The minimum atomic E-state index is 0.417. The molecular formula is C21H32N4. The number of hydrogen-bond acceptors (Lipinski definition) is 4. The Balaban J connectivity index is 1.96. The summed E-state index contributed by atoms with van der Waals surface area (Å²) in [5, 5.41) is 6.76. The van der Waals surface area contributed by atoms with Crippen molar-refractivity contribution in [3.05, 3.63) is 58.2 Å². The van der Waals surface area contributed by atoms with Crippen molar-refractivity contribution in [1.82, 2.24) is 20.6 Å². The minimum Gasteiger partial charge on any atom is -0.316 e. The summed E-state index contributed by atoms with van der Waals surface area (Å²) in [4.78, 5) is 9.01. The zero-order chi connectivity index (χ0) is 18.4. The van der Waals surface area contributed by atoms with Crippen molar-refractivity contribution in [2.24, 2.45) is 0 Å². The van der Waals surface area contributed by atoms with Crippen LogP contribution < -0.4 is 10.6 Å². The number of rotatable bonds is 8. The van der Waals surface area contributed by atoms with E-state index >= 15 is 0 Å². The van der Waals surface area contributed by atoms with Gasteiger partial charge in [-0.1, -0.05) is 20.8 Å². The number of aryl methyl sites for hydroxylation is 1. The van der Waals surface area contributed by atoms with E-state index in [0.717, 1.165) is 25.3 Å². The molecule has 0 aliphatic rings. The van der Waals surface area contributed by atoms with E-state index in [0.29, 0.717) is 11.8 Å². The van der Waals surface area contributed by atoms with Gasteiger partial charge in [0.2, 0.25) is 0 Å². The number of aromatic nitrogens is 2. The normalized spacial score (nSPS) is 12.6. The fourth-order valence-corrected chi connectivity index (χ4v) is 3.30. The lowest BCUT2D eigenvalue weighted by Crippen LogP contribution is -2.21. The fourth-order valence-electron chi connectivity index (χ4n) is 3.30. The van der Waals surface area contributed by atoms with Crippen LogP contribution in [0.1, 0.15) is 66.1 Å². The molecule has 0 aliphatic heterocycles. The summed E-state index contributed by atoms with van der Waals surface area (Å²) >= 11 is 0. The Morgan fingerprint density at radius 1 is 1.00 bits per heavy atom. The monoisotopic (exact) mass is 340 g/mol. The standard InChI is InChI=1S/C21H32N4/c1-14(2)20-13-25-19(7-15(20)3)11-23-8-16(4)21-12-24-10-18(9-22-6)17(21)5/h7,10,12-14,16,22-23H,8-9,11H2,1-6H3. The highest BCUT2D eigenvalue weighted by molar-refractivity contribution is 5.33. The molecule has 0 amide bonds. The number of nitrogens with one attached hydrogen (secondary N) is 2. The maximum Gasteiger partial charge on any atom is 0.0544 e. The van der Waals surface area contributed by atoms with Gasteiger partial charge in [0.15, 0.2) is 0 Å². The number of pyridine rings is 2. The molecule has 0 saturated carbocycles. The summed E-state index contributed by atoms with van der Waals surface area (Å²) in [6.07, 6.45) is 5.98. The van der Waals surface area contributed by atoms with Crippen LogP contribution in [-0.2, 0) is 13.1 Å². The molecule has 2 aromatic heterocycles. The molecule has 0 spiro atoms. The van der Waals surface area contributed by atoms with Crippen LogP contribution in [0, 0.1) is 13.8 Å². The third-order valence-electron chi connectivity index (χ3n) is 4.84. The van der Waals surface area contributed by atoms with Crippen molar-refractivity contribution >= 4 is 0 Å². The van der Waals surface area contributed by atoms with Crippen LogP contribution in [-0.4, -0.2) is 23.6 Å². The molecule has 0 bridgehead atoms. The summed E-state index contributed by atoms with van der Waals surface area (Å²) in [5.41, 5.74) is 7.70. The zero-order valence-electron chi connectivity index (χ0n) is 16.5. The second kappa shape index (κ2) is 9.07. The van der Waals surface area contributed by atoms with Crippen LogP contribution in [0.25, 0.3) is 0 Å². The molecular weight excluding hydrogens is 308 g/mol. The molecule has 0 fully saturated rings. The lowest BCUT2D eigenvalue weighted by Gasteiger charge is -2.17. The van der Waals surface area contributed by atoms with Gasteiger partial charge in [0, 0.05) is 38.2 Å². The first-order chi connectivity index (χ1) is 11.9. The van der Waals surface area contributed by atoms with Crippen molar-refractivity contribution in [1.29, 1.82) is 0 Å². The first-order valence-electron chi connectivity index (χ1n) is 9.18. The highest BCUT2D eigenvalue weighted by Crippen LogP contribution is 2.21. The third kappa shape index (κ3) is 5.10. The van der Waals surface area contributed by atoms with Gasteiger partial charge in [0.05, 0.1) is 5.69 Å². The SMILES string of the molecule is CNCc1cncc(C(C)CNCc2cc(C)c(C(C)C)cn2)c1C. The van der Waals surface area contributed by atoms with Crippen LogP contribution >= 0.6 is 0 Å². The van der Waals surface area contributed by atoms with Crippen LogP contribution in [0.4, 0.5) is 0 Å². The second-order valence-electron chi connectivity index (χ2n) is 7.26. The maximum atomic E-state index is 4.60. The van der Waals surface area contributed by atoms with E-state index < -0.39 is 0 Å². The highest BCUT2D eigenvalue weighted by atomic mass is 14.9. The molecule has 0 saturated heterocycles. The quantitative estimate of drug-likeness (QED) is 0.767. The average molecular weight is 341 g/mol. The second-order valence-corrected chi connectivity index (χ2v) is 7.26. The lowest BCUT2D eigenvalue weighted by molar-refractivity contribution is 0.603. The molecule has 0 radical (unpaired) electrons. The smallest absolute Gasteiger partial charge is 0.0544 e. The van der Waals surface area contributed by atoms with Crippen molar-refractivity contribution < 1.29 is 0 Å². The molecule has 4 nitrogen and oxygen atoms in total. The van der Waals surface area contributed by atoms with E-state index in [9.17, 15) is 0 Å². The molecule has 2 heterocycles. The molecule has 2 N–H and O–H groups in total. The van der Waals surface area contributed by atoms with Crippen LogP contribution in [0.2, 0.25) is 0 Å². The Bertz CT molecular complexity index is 694. The molecule has 2 aromatic rings. The van der Waals surface area contributed by atoms with Gasteiger partial charge < -0.3 is 10.6 Å². The maximum absolute atomic E-state index is 4.60. The van der Waals surface area contributed by atoms with E-state index in [-0.39, 0.29) is 0 Å². The average Bonchev–Trinajstić information content (AvgIpc) is 2.56. The topological polar surface area (TPSA) is 49.8 Å². The summed E-state index contributed by atoms with van der Waals surface area (Å²) in [6, 6.07) is 2.20. The minimum absolute atomic E-state index is 0.417. The van der Waals surface area contributed by atoms with E-state index in [4.69, 9.17) is 0 Å². The van der Waals surface area contributed by atoms with Crippen LogP contribution in [0.15, 0.2) is 24.7 Å². The molecule has 4 heteroatoms. The van der Waals surface area contributed by atoms with Crippen molar-refractivity contribution in [3.8, 4) is 0 Å². The van der Waals surface area contributed by atoms with Crippen molar-refractivity contribution in [3.63, 3.8) is 0 Å². The number of hydrogen-bond donors (Lipinski definition) is 2. The van der Waals surface area contributed by atoms with Crippen molar-refractivity contribution in [2.45, 2.75) is 59.5 Å². The molecule has 136 valence electrons. The highest BCUT2D eigenvalue weighted by Gasteiger charge is 2.12. The molecule has 1 unspecified atom stereocenters. The van der Waals surface area contributed by atoms with Gasteiger partial charge in [-0.25, -0.2) is 0 Å². The molecule has 0 aliphatic carbocycles. The first kappa shape index (κ1) is 19.5. The zero-order valence-corrected chi connectivity index (χ0v) is 16.5. The van der Waals surface area contributed by atoms with Gasteiger partial charge in [-0.05, 0) is 66.6 Å². The molecule has 2 rings (SSSR count).